The SMILES string of the molecule is O=C(NCc1nc2ccccc2n1CCOc1cccc2ccccc12)C1CC1. The minimum atomic E-state index is 0.135. The molecule has 4 aromatic rings. The van der Waals surface area contributed by atoms with E-state index in [4.69, 9.17) is 9.72 Å². The van der Waals surface area contributed by atoms with Crippen LogP contribution in [0.4, 0.5) is 0 Å². The maximum absolute atomic E-state index is 12.1. The van der Waals surface area contributed by atoms with E-state index >= 15 is 0 Å². The van der Waals surface area contributed by atoms with Gasteiger partial charge in [0.15, 0.2) is 0 Å². The highest BCUT2D eigenvalue weighted by Crippen LogP contribution is 2.29. The number of amides is 1. The van der Waals surface area contributed by atoms with Crippen LogP contribution >= 0.6 is 0 Å². The van der Waals surface area contributed by atoms with E-state index in [1.54, 1.807) is 0 Å². The predicted molar refractivity (Wildman–Crippen MR) is 114 cm³/mol. The van der Waals surface area contributed by atoms with E-state index in [0.717, 1.165) is 40.8 Å². The van der Waals surface area contributed by atoms with Crippen molar-refractivity contribution >= 4 is 27.7 Å². The zero-order valence-electron chi connectivity index (χ0n) is 16.2. The fourth-order valence-electron chi connectivity index (χ4n) is 3.73. The van der Waals surface area contributed by atoms with Gasteiger partial charge in [0.2, 0.25) is 5.91 Å². The Bertz CT molecular complexity index is 1170. The van der Waals surface area contributed by atoms with Gasteiger partial charge >= 0.3 is 0 Å². The number of aromatic nitrogens is 2. The summed E-state index contributed by atoms with van der Waals surface area (Å²) in [5, 5.41) is 5.31. The van der Waals surface area contributed by atoms with Gasteiger partial charge < -0.3 is 14.6 Å². The van der Waals surface area contributed by atoms with Crippen molar-refractivity contribution in [3.63, 3.8) is 0 Å². The van der Waals surface area contributed by atoms with Crippen molar-refractivity contribution in [1.29, 1.82) is 0 Å². The third-order valence-electron chi connectivity index (χ3n) is 5.42. The van der Waals surface area contributed by atoms with Gasteiger partial charge in [-0.1, -0.05) is 48.5 Å². The second-order valence-electron chi connectivity index (χ2n) is 7.49. The maximum Gasteiger partial charge on any atom is 0.223 e. The first-order valence-corrected chi connectivity index (χ1v) is 10.1. The number of carbonyl (C=O) groups is 1. The standard InChI is InChI=1S/C24H23N3O2/c28-24(18-12-13-18)25-16-23-26-20-9-3-4-10-21(20)27(23)14-15-29-22-11-5-7-17-6-1-2-8-19(17)22/h1-11,18H,12-16H2,(H,25,28). The molecule has 1 fully saturated rings. The number of imidazole rings is 1. The molecule has 1 N–H and O–H groups in total. The highest BCUT2D eigenvalue weighted by atomic mass is 16.5. The van der Waals surface area contributed by atoms with E-state index < -0.39 is 0 Å². The van der Waals surface area contributed by atoms with E-state index in [9.17, 15) is 4.79 Å². The third-order valence-corrected chi connectivity index (χ3v) is 5.42. The second kappa shape index (κ2) is 7.59. The molecule has 0 aliphatic heterocycles. The molecule has 1 aliphatic rings. The van der Waals surface area contributed by atoms with Crippen LogP contribution in [0.5, 0.6) is 5.75 Å². The molecule has 0 saturated heterocycles. The summed E-state index contributed by atoms with van der Waals surface area (Å²) in [7, 11) is 0. The summed E-state index contributed by atoms with van der Waals surface area (Å²) in [5.74, 6) is 2.08. The number of fused-ring (bicyclic) bond motifs is 2. The third kappa shape index (κ3) is 3.68. The van der Waals surface area contributed by atoms with Gasteiger partial charge in [0, 0.05) is 11.3 Å². The molecule has 0 bridgehead atoms. The van der Waals surface area contributed by atoms with Gasteiger partial charge in [0.1, 0.15) is 18.2 Å². The Balaban J connectivity index is 1.34. The summed E-state index contributed by atoms with van der Waals surface area (Å²) in [6.45, 7) is 1.63. The number of ether oxygens (including phenoxy) is 1. The number of nitrogens with zero attached hydrogens (tertiary/aromatic N) is 2. The van der Waals surface area contributed by atoms with Crippen LogP contribution in [0, 0.1) is 5.92 Å². The fraction of sp³-hybridized carbons (Fsp3) is 0.250. The minimum Gasteiger partial charge on any atom is -0.491 e. The van der Waals surface area contributed by atoms with E-state index in [2.05, 4.69) is 34.1 Å². The van der Waals surface area contributed by atoms with Crippen LogP contribution in [0.2, 0.25) is 0 Å². The quantitative estimate of drug-likeness (QED) is 0.516. The molecule has 5 rings (SSSR count). The Morgan fingerprint density at radius 1 is 1.03 bits per heavy atom. The van der Waals surface area contributed by atoms with Crippen molar-refractivity contribution in [2.45, 2.75) is 25.9 Å². The summed E-state index contributed by atoms with van der Waals surface area (Å²) in [6, 6.07) is 22.4. The molecule has 0 unspecified atom stereocenters. The number of nitrogens with one attached hydrogen (secondary N) is 1. The highest BCUT2D eigenvalue weighted by Gasteiger charge is 2.29. The molecule has 1 amide bonds. The summed E-state index contributed by atoms with van der Waals surface area (Å²) in [6.07, 6.45) is 2.00. The zero-order chi connectivity index (χ0) is 19.6. The van der Waals surface area contributed by atoms with Crippen LogP contribution in [0.1, 0.15) is 18.7 Å². The van der Waals surface area contributed by atoms with Crippen molar-refractivity contribution in [1.82, 2.24) is 14.9 Å². The van der Waals surface area contributed by atoms with Crippen LogP contribution in [-0.2, 0) is 17.9 Å². The van der Waals surface area contributed by atoms with Crippen molar-refractivity contribution in [2.24, 2.45) is 5.92 Å². The molecule has 29 heavy (non-hydrogen) atoms. The summed E-state index contributed by atoms with van der Waals surface area (Å²) >= 11 is 0. The molecule has 0 atom stereocenters. The van der Waals surface area contributed by atoms with Crippen LogP contribution in [0.25, 0.3) is 21.8 Å². The summed E-state index contributed by atoms with van der Waals surface area (Å²) in [5.41, 5.74) is 2.00. The average Bonchev–Trinajstić information content (AvgIpc) is 3.55. The zero-order valence-corrected chi connectivity index (χ0v) is 16.2. The molecule has 1 aliphatic carbocycles. The molecular formula is C24H23N3O2. The molecule has 0 radical (unpaired) electrons. The van der Waals surface area contributed by atoms with Crippen molar-refractivity contribution < 1.29 is 9.53 Å². The van der Waals surface area contributed by atoms with Crippen LogP contribution in [0.15, 0.2) is 66.7 Å². The molecule has 5 heteroatoms. The average molecular weight is 385 g/mol. The lowest BCUT2D eigenvalue weighted by Crippen LogP contribution is -2.26. The first-order chi connectivity index (χ1) is 14.3. The molecule has 146 valence electrons. The first kappa shape index (κ1) is 17.7. The molecule has 1 saturated carbocycles. The smallest absolute Gasteiger partial charge is 0.223 e. The largest absolute Gasteiger partial charge is 0.491 e. The van der Waals surface area contributed by atoms with Crippen LogP contribution in [0.3, 0.4) is 0 Å². The number of rotatable bonds is 7. The number of hydrogen-bond acceptors (Lipinski definition) is 3. The monoisotopic (exact) mass is 385 g/mol. The summed E-state index contributed by atoms with van der Waals surface area (Å²) < 4.78 is 8.28. The first-order valence-electron chi connectivity index (χ1n) is 10.1. The van der Waals surface area contributed by atoms with E-state index in [1.165, 1.54) is 5.39 Å². The van der Waals surface area contributed by atoms with Gasteiger partial charge in [-0.05, 0) is 36.4 Å². The van der Waals surface area contributed by atoms with Gasteiger partial charge in [-0.25, -0.2) is 4.98 Å². The Hall–Kier alpha value is -3.34. The van der Waals surface area contributed by atoms with Gasteiger partial charge in [0.05, 0.1) is 24.1 Å². The molecule has 0 spiro atoms. The maximum atomic E-state index is 12.1. The lowest BCUT2D eigenvalue weighted by Gasteiger charge is -2.13. The summed E-state index contributed by atoms with van der Waals surface area (Å²) in [4.78, 5) is 16.8. The Kier molecular flexibility index (Phi) is 4.64. The van der Waals surface area contributed by atoms with Gasteiger partial charge in [-0.3, -0.25) is 4.79 Å². The Morgan fingerprint density at radius 3 is 2.72 bits per heavy atom. The van der Waals surface area contributed by atoms with Crippen LogP contribution < -0.4 is 10.1 Å². The van der Waals surface area contributed by atoms with Gasteiger partial charge in [-0.2, -0.15) is 0 Å². The molecule has 1 aromatic heterocycles. The Labute approximate surface area is 169 Å². The van der Waals surface area contributed by atoms with Crippen molar-refractivity contribution in [2.75, 3.05) is 6.61 Å². The van der Waals surface area contributed by atoms with E-state index in [-0.39, 0.29) is 11.8 Å². The highest BCUT2D eigenvalue weighted by molar-refractivity contribution is 5.88. The van der Waals surface area contributed by atoms with Crippen molar-refractivity contribution in [3.05, 3.63) is 72.6 Å². The molecule has 3 aromatic carbocycles. The van der Waals surface area contributed by atoms with E-state index in [0.29, 0.717) is 19.7 Å². The molecule has 1 heterocycles. The van der Waals surface area contributed by atoms with Crippen molar-refractivity contribution in [3.8, 4) is 5.75 Å². The topological polar surface area (TPSA) is 56.2 Å². The molecule has 5 nitrogen and oxygen atoms in total. The van der Waals surface area contributed by atoms with Gasteiger partial charge in [0.25, 0.3) is 0 Å². The number of benzene rings is 3. The van der Waals surface area contributed by atoms with Gasteiger partial charge in [-0.15, -0.1) is 0 Å². The lowest BCUT2D eigenvalue weighted by atomic mass is 10.1. The lowest BCUT2D eigenvalue weighted by molar-refractivity contribution is -0.122. The second-order valence-corrected chi connectivity index (χ2v) is 7.49. The normalized spacial score (nSPS) is 13.7. The number of hydrogen-bond donors (Lipinski definition) is 1. The fourth-order valence-corrected chi connectivity index (χ4v) is 3.73. The molecular weight excluding hydrogens is 362 g/mol. The number of para-hydroxylation sites is 2. The van der Waals surface area contributed by atoms with E-state index in [1.807, 2.05) is 42.5 Å². The number of carbonyl (C=O) groups excluding carboxylic acids is 1. The predicted octanol–water partition coefficient (Wildman–Crippen LogP) is 4.29. The Morgan fingerprint density at radius 2 is 1.83 bits per heavy atom. The van der Waals surface area contributed by atoms with Crippen LogP contribution in [-0.4, -0.2) is 22.1 Å². The minimum absolute atomic E-state index is 0.135.